The number of nitrogens with two attached hydrogens (primary N) is 3. The molecule has 0 aromatic heterocycles. The molecule has 0 aliphatic rings. The van der Waals surface area contributed by atoms with Gasteiger partial charge in [-0.25, -0.2) is 4.79 Å². The summed E-state index contributed by atoms with van der Waals surface area (Å²) in [5, 5.41) is 34.2. The van der Waals surface area contributed by atoms with Gasteiger partial charge in [0.05, 0.1) is 12.5 Å². The summed E-state index contributed by atoms with van der Waals surface area (Å²) in [6.07, 6.45) is -1.46. The van der Waals surface area contributed by atoms with Crippen LogP contribution < -0.4 is 33.2 Å². The van der Waals surface area contributed by atoms with Crippen molar-refractivity contribution in [3.05, 3.63) is 35.9 Å². The van der Waals surface area contributed by atoms with Gasteiger partial charge in [0.2, 0.25) is 17.7 Å². The average Bonchev–Trinajstić information content (AvgIpc) is 2.87. The Kier molecular flexibility index (Phi) is 14.1. The molecule has 0 aliphatic carbocycles. The van der Waals surface area contributed by atoms with Gasteiger partial charge in [-0.05, 0) is 24.8 Å². The number of nitrogens with zero attached hydrogens (tertiary/aromatic N) is 1. The maximum absolute atomic E-state index is 13.2. The molecule has 4 atom stereocenters. The van der Waals surface area contributed by atoms with Crippen molar-refractivity contribution in [1.29, 1.82) is 0 Å². The van der Waals surface area contributed by atoms with Gasteiger partial charge in [0, 0.05) is 19.4 Å². The van der Waals surface area contributed by atoms with E-state index in [1.165, 1.54) is 0 Å². The first-order valence-electron chi connectivity index (χ1n) is 12.2. The van der Waals surface area contributed by atoms with Crippen LogP contribution in [-0.2, 0) is 35.2 Å². The van der Waals surface area contributed by atoms with E-state index in [1.807, 2.05) is 0 Å². The van der Waals surface area contributed by atoms with Crippen molar-refractivity contribution >= 4 is 41.6 Å². The van der Waals surface area contributed by atoms with Gasteiger partial charge in [0.25, 0.3) is 0 Å². The number of hydrogen-bond acceptors (Lipinski definition) is 8. The molecule has 1 aromatic rings. The summed E-state index contributed by atoms with van der Waals surface area (Å²) in [5.41, 5.74) is 17.1. The molecule has 16 heteroatoms. The van der Waals surface area contributed by atoms with Crippen molar-refractivity contribution in [3.8, 4) is 0 Å². The zero-order valence-corrected chi connectivity index (χ0v) is 21.6. The maximum Gasteiger partial charge on any atom is 0.326 e. The Morgan fingerprint density at radius 3 is 1.90 bits per heavy atom. The molecule has 1 rings (SSSR count). The van der Waals surface area contributed by atoms with E-state index in [0.717, 1.165) is 0 Å². The molecular formula is C24H35N7O9. The van der Waals surface area contributed by atoms with E-state index in [1.54, 1.807) is 30.3 Å². The molecule has 40 heavy (non-hydrogen) atoms. The van der Waals surface area contributed by atoms with Crippen LogP contribution in [0.2, 0.25) is 0 Å². The zero-order valence-electron chi connectivity index (χ0n) is 21.6. The van der Waals surface area contributed by atoms with Crippen LogP contribution in [0.15, 0.2) is 35.3 Å². The van der Waals surface area contributed by atoms with Crippen molar-refractivity contribution in [2.75, 3.05) is 6.54 Å². The van der Waals surface area contributed by atoms with Gasteiger partial charge in [-0.2, -0.15) is 0 Å². The third-order valence-electron chi connectivity index (χ3n) is 5.49. The second kappa shape index (κ2) is 17.0. The average molecular weight is 566 g/mol. The molecule has 0 heterocycles. The SMILES string of the molecule is NC(N)=NCCCC(N)C(=O)NC(Cc1ccccc1)C(=O)NC(CC(=O)O)C(=O)NC(CCC(=O)O)C(=O)O. The molecule has 4 unspecified atom stereocenters. The summed E-state index contributed by atoms with van der Waals surface area (Å²) in [5.74, 6) is -7.22. The number of carbonyl (C=O) groups excluding carboxylic acids is 3. The summed E-state index contributed by atoms with van der Waals surface area (Å²) in [6, 6.07) is 2.80. The Hall–Kier alpha value is -4.73. The maximum atomic E-state index is 13.2. The molecule has 0 fully saturated rings. The lowest BCUT2D eigenvalue weighted by molar-refractivity contribution is -0.144. The topological polar surface area (TPSA) is 290 Å². The predicted octanol–water partition coefficient (Wildman–Crippen LogP) is -2.51. The van der Waals surface area contributed by atoms with Gasteiger partial charge in [0.1, 0.15) is 18.1 Å². The quantitative estimate of drug-likeness (QED) is 0.0506. The highest BCUT2D eigenvalue weighted by molar-refractivity contribution is 5.95. The van der Waals surface area contributed by atoms with Gasteiger partial charge < -0.3 is 48.5 Å². The monoisotopic (exact) mass is 565 g/mol. The van der Waals surface area contributed by atoms with Crippen LogP contribution in [0, 0.1) is 0 Å². The summed E-state index contributed by atoms with van der Waals surface area (Å²) in [6.45, 7) is 0.229. The highest BCUT2D eigenvalue weighted by Gasteiger charge is 2.32. The van der Waals surface area contributed by atoms with Crippen molar-refractivity contribution in [2.45, 2.75) is 62.7 Å². The van der Waals surface area contributed by atoms with Crippen molar-refractivity contribution in [2.24, 2.45) is 22.2 Å². The first-order valence-corrected chi connectivity index (χ1v) is 12.2. The minimum Gasteiger partial charge on any atom is -0.481 e. The zero-order chi connectivity index (χ0) is 30.2. The number of carbonyl (C=O) groups is 6. The number of amides is 3. The third-order valence-corrected chi connectivity index (χ3v) is 5.49. The molecule has 0 bridgehead atoms. The van der Waals surface area contributed by atoms with Gasteiger partial charge in [0.15, 0.2) is 5.96 Å². The van der Waals surface area contributed by atoms with Crippen LogP contribution in [0.3, 0.4) is 0 Å². The minimum absolute atomic E-state index is 0.0447. The highest BCUT2D eigenvalue weighted by atomic mass is 16.4. The number of carboxylic acids is 3. The van der Waals surface area contributed by atoms with E-state index in [9.17, 15) is 39.0 Å². The largest absolute Gasteiger partial charge is 0.481 e. The van der Waals surface area contributed by atoms with Crippen LogP contribution >= 0.6 is 0 Å². The lowest BCUT2D eigenvalue weighted by Gasteiger charge is -2.24. The lowest BCUT2D eigenvalue weighted by Crippen LogP contribution is -2.58. The fourth-order valence-corrected chi connectivity index (χ4v) is 3.44. The van der Waals surface area contributed by atoms with Gasteiger partial charge >= 0.3 is 17.9 Å². The number of aliphatic imine (C=N–C) groups is 1. The number of aliphatic carboxylic acids is 3. The van der Waals surface area contributed by atoms with Gasteiger partial charge in [-0.3, -0.25) is 29.0 Å². The first-order chi connectivity index (χ1) is 18.8. The van der Waals surface area contributed by atoms with Gasteiger partial charge in [-0.1, -0.05) is 30.3 Å². The Bertz CT molecular complexity index is 1080. The lowest BCUT2D eigenvalue weighted by atomic mass is 10.0. The normalized spacial score (nSPS) is 13.5. The smallest absolute Gasteiger partial charge is 0.326 e. The van der Waals surface area contributed by atoms with Crippen molar-refractivity contribution in [3.63, 3.8) is 0 Å². The Balaban J connectivity index is 3.06. The standard InChI is InChI=1S/C24H35N7O9/c25-14(7-4-10-28-24(26)27)20(36)30-16(11-13-5-2-1-3-6-13)21(37)31-17(12-19(34)35)22(38)29-15(23(39)40)8-9-18(32)33/h1-3,5-6,14-17H,4,7-12,25H2,(H,29,38)(H,30,36)(H,31,37)(H,32,33)(H,34,35)(H,39,40)(H4,26,27,28). The molecule has 0 saturated heterocycles. The van der Waals surface area contributed by atoms with Crippen LogP contribution in [0.5, 0.6) is 0 Å². The third kappa shape index (κ3) is 13.2. The van der Waals surface area contributed by atoms with Crippen LogP contribution in [0.4, 0.5) is 0 Å². The van der Waals surface area contributed by atoms with Gasteiger partial charge in [-0.15, -0.1) is 0 Å². The van der Waals surface area contributed by atoms with Crippen LogP contribution in [-0.4, -0.2) is 87.6 Å². The Labute approximate surface area is 229 Å². The Morgan fingerprint density at radius 2 is 1.35 bits per heavy atom. The highest BCUT2D eigenvalue weighted by Crippen LogP contribution is 2.07. The van der Waals surface area contributed by atoms with E-state index in [4.69, 9.17) is 22.3 Å². The molecular weight excluding hydrogens is 530 g/mol. The van der Waals surface area contributed by atoms with Crippen molar-refractivity contribution < 1.29 is 44.1 Å². The number of nitrogens with one attached hydrogen (secondary N) is 3. The molecule has 1 aromatic carbocycles. The number of rotatable bonds is 18. The summed E-state index contributed by atoms with van der Waals surface area (Å²) >= 11 is 0. The number of guanidine groups is 1. The van der Waals surface area contributed by atoms with E-state index in [0.29, 0.717) is 12.0 Å². The molecule has 0 radical (unpaired) electrons. The molecule has 220 valence electrons. The van der Waals surface area contributed by atoms with E-state index < -0.39 is 79.1 Å². The number of benzene rings is 1. The van der Waals surface area contributed by atoms with E-state index >= 15 is 0 Å². The molecule has 12 N–H and O–H groups in total. The summed E-state index contributed by atoms with van der Waals surface area (Å²) in [4.78, 5) is 76.1. The number of hydrogen-bond donors (Lipinski definition) is 9. The Morgan fingerprint density at radius 1 is 0.775 bits per heavy atom. The minimum atomic E-state index is -1.74. The predicted molar refractivity (Wildman–Crippen MR) is 141 cm³/mol. The second-order valence-electron chi connectivity index (χ2n) is 8.80. The molecule has 0 spiro atoms. The molecule has 0 aliphatic heterocycles. The summed E-state index contributed by atoms with van der Waals surface area (Å²) in [7, 11) is 0. The molecule has 0 saturated carbocycles. The van der Waals surface area contributed by atoms with E-state index in [-0.39, 0.29) is 25.3 Å². The molecule has 16 nitrogen and oxygen atoms in total. The number of carboxylic acid groups (broad SMARTS) is 3. The second-order valence-corrected chi connectivity index (χ2v) is 8.80. The van der Waals surface area contributed by atoms with Crippen LogP contribution in [0.1, 0.15) is 37.7 Å². The first kappa shape index (κ1) is 33.3. The molecule has 3 amide bonds. The fraction of sp³-hybridized carbons (Fsp3) is 0.458. The van der Waals surface area contributed by atoms with Crippen molar-refractivity contribution in [1.82, 2.24) is 16.0 Å². The fourth-order valence-electron chi connectivity index (χ4n) is 3.44. The van der Waals surface area contributed by atoms with E-state index in [2.05, 4.69) is 20.9 Å². The summed E-state index contributed by atoms with van der Waals surface area (Å²) < 4.78 is 0. The van der Waals surface area contributed by atoms with Crippen LogP contribution in [0.25, 0.3) is 0 Å².